The van der Waals surface area contributed by atoms with E-state index < -0.39 is 6.10 Å². The quantitative estimate of drug-likeness (QED) is 0.787. The lowest BCUT2D eigenvalue weighted by atomic mass is 10.2. The Balaban J connectivity index is 1.71. The summed E-state index contributed by atoms with van der Waals surface area (Å²) in [6.07, 6.45) is -0.604. The number of benzene rings is 2. The van der Waals surface area contributed by atoms with E-state index in [2.05, 4.69) is 5.32 Å². The summed E-state index contributed by atoms with van der Waals surface area (Å²) in [7, 11) is 0. The van der Waals surface area contributed by atoms with Crippen molar-refractivity contribution < 1.29 is 14.3 Å². The molecule has 0 aliphatic carbocycles. The number of rotatable bonds is 7. The number of hydrogen-bond acceptors (Lipinski definition) is 3. The molecule has 23 heavy (non-hydrogen) atoms. The van der Waals surface area contributed by atoms with Gasteiger partial charge in [0.05, 0.1) is 6.54 Å². The smallest absolute Gasteiger partial charge is 0.260 e. The molecule has 0 heterocycles. The summed E-state index contributed by atoms with van der Waals surface area (Å²) >= 11 is 5.88. The molecule has 1 atom stereocenters. The normalized spacial score (nSPS) is 11.6. The van der Waals surface area contributed by atoms with Crippen LogP contribution in [0.5, 0.6) is 11.5 Å². The second-order valence-corrected chi connectivity index (χ2v) is 5.61. The Bertz CT molecular complexity index is 660. The first-order valence-corrected chi connectivity index (χ1v) is 7.82. The first kappa shape index (κ1) is 17.2. The Morgan fingerprint density at radius 2 is 1.91 bits per heavy atom. The number of ether oxygens (including phenoxy) is 2. The topological polar surface area (TPSA) is 47.6 Å². The zero-order valence-electron chi connectivity index (χ0n) is 13.2. The minimum absolute atomic E-state index is 0.196. The van der Waals surface area contributed by atoms with E-state index in [0.29, 0.717) is 23.9 Å². The van der Waals surface area contributed by atoms with Gasteiger partial charge in [0.25, 0.3) is 5.91 Å². The molecular weight excluding hydrogens is 314 g/mol. The fourth-order valence-corrected chi connectivity index (χ4v) is 2.17. The summed E-state index contributed by atoms with van der Waals surface area (Å²) in [5.41, 5.74) is 1.13. The molecular formula is C18H20ClNO3. The predicted molar refractivity (Wildman–Crippen MR) is 91.2 cm³/mol. The van der Waals surface area contributed by atoms with E-state index in [1.165, 1.54) is 0 Å². The van der Waals surface area contributed by atoms with Crippen molar-refractivity contribution in [3.63, 3.8) is 0 Å². The summed E-state index contributed by atoms with van der Waals surface area (Å²) in [5.74, 6) is 1.16. The van der Waals surface area contributed by atoms with Gasteiger partial charge in [-0.15, -0.1) is 0 Å². The number of carbonyl (C=O) groups is 1. The molecule has 0 saturated carbocycles. The van der Waals surface area contributed by atoms with Gasteiger partial charge in [-0.05, 0) is 49.7 Å². The van der Waals surface area contributed by atoms with Gasteiger partial charge in [0, 0.05) is 5.02 Å². The average Bonchev–Trinajstić information content (AvgIpc) is 2.51. The van der Waals surface area contributed by atoms with Crippen LogP contribution in [0.1, 0.15) is 12.5 Å². The summed E-state index contributed by atoms with van der Waals surface area (Å²) in [5, 5.41) is 3.35. The molecule has 2 aromatic rings. The third-order valence-corrected chi connectivity index (χ3v) is 3.37. The van der Waals surface area contributed by atoms with Crippen molar-refractivity contribution >= 4 is 17.5 Å². The maximum absolute atomic E-state index is 12.0. The third-order valence-electron chi connectivity index (χ3n) is 3.14. The van der Waals surface area contributed by atoms with Crippen molar-refractivity contribution in [3.8, 4) is 11.5 Å². The van der Waals surface area contributed by atoms with Gasteiger partial charge in [-0.2, -0.15) is 0 Å². The van der Waals surface area contributed by atoms with Crippen molar-refractivity contribution in [3.05, 3.63) is 59.1 Å². The van der Waals surface area contributed by atoms with Crippen LogP contribution in [0.2, 0.25) is 5.02 Å². The monoisotopic (exact) mass is 333 g/mol. The largest absolute Gasteiger partial charge is 0.492 e. The second-order valence-electron chi connectivity index (χ2n) is 5.17. The molecule has 5 heteroatoms. The van der Waals surface area contributed by atoms with E-state index in [0.717, 1.165) is 11.3 Å². The SMILES string of the molecule is Cc1cccc(OCCNC(=O)C(C)Oc2cccc(Cl)c2)c1. The molecule has 1 amide bonds. The van der Waals surface area contributed by atoms with Crippen molar-refractivity contribution in [2.75, 3.05) is 13.2 Å². The van der Waals surface area contributed by atoms with Gasteiger partial charge >= 0.3 is 0 Å². The van der Waals surface area contributed by atoms with Gasteiger partial charge < -0.3 is 14.8 Å². The Kier molecular flexibility index (Phi) is 6.29. The Morgan fingerprint density at radius 3 is 2.65 bits per heavy atom. The van der Waals surface area contributed by atoms with E-state index in [1.54, 1.807) is 31.2 Å². The van der Waals surface area contributed by atoms with Crippen LogP contribution in [0.3, 0.4) is 0 Å². The van der Waals surface area contributed by atoms with E-state index in [4.69, 9.17) is 21.1 Å². The van der Waals surface area contributed by atoms with Crippen LogP contribution in [0, 0.1) is 6.92 Å². The maximum Gasteiger partial charge on any atom is 0.260 e. The number of nitrogens with one attached hydrogen (secondary N) is 1. The number of amides is 1. The molecule has 0 aliphatic heterocycles. The van der Waals surface area contributed by atoms with Gasteiger partial charge in [0.1, 0.15) is 18.1 Å². The third kappa shape index (κ3) is 5.83. The Morgan fingerprint density at radius 1 is 1.17 bits per heavy atom. The zero-order valence-corrected chi connectivity index (χ0v) is 14.0. The zero-order chi connectivity index (χ0) is 16.7. The van der Waals surface area contributed by atoms with Gasteiger partial charge in [0.2, 0.25) is 0 Å². The number of halogens is 1. The molecule has 1 unspecified atom stereocenters. The van der Waals surface area contributed by atoms with Crippen molar-refractivity contribution in [1.29, 1.82) is 0 Å². The first-order valence-electron chi connectivity index (χ1n) is 7.44. The maximum atomic E-state index is 12.0. The first-order chi connectivity index (χ1) is 11.0. The van der Waals surface area contributed by atoms with Crippen molar-refractivity contribution in [2.24, 2.45) is 0 Å². The second kappa shape index (κ2) is 8.44. The number of hydrogen-bond donors (Lipinski definition) is 1. The summed E-state index contributed by atoms with van der Waals surface area (Å²) < 4.78 is 11.1. The van der Waals surface area contributed by atoms with Crippen LogP contribution in [0.15, 0.2) is 48.5 Å². The van der Waals surface area contributed by atoms with Crippen molar-refractivity contribution in [2.45, 2.75) is 20.0 Å². The van der Waals surface area contributed by atoms with Gasteiger partial charge in [-0.1, -0.05) is 29.8 Å². The molecule has 0 saturated heterocycles. The molecule has 2 rings (SSSR count). The summed E-state index contributed by atoms with van der Waals surface area (Å²) in [6, 6.07) is 14.7. The Hall–Kier alpha value is -2.20. The molecule has 4 nitrogen and oxygen atoms in total. The number of carbonyl (C=O) groups excluding carboxylic acids is 1. The van der Waals surface area contributed by atoms with E-state index in [-0.39, 0.29) is 5.91 Å². The minimum atomic E-state index is -0.604. The lowest BCUT2D eigenvalue weighted by molar-refractivity contribution is -0.127. The predicted octanol–water partition coefficient (Wildman–Crippen LogP) is 3.61. The lowest BCUT2D eigenvalue weighted by Crippen LogP contribution is -2.38. The van der Waals surface area contributed by atoms with Crippen LogP contribution in [0.4, 0.5) is 0 Å². The minimum Gasteiger partial charge on any atom is -0.492 e. The van der Waals surface area contributed by atoms with Crippen LogP contribution >= 0.6 is 11.6 Å². The highest BCUT2D eigenvalue weighted by Crippen LogP contribution is 2.18. The van der Waals surface area contributed by atoms with Gasteiger partial charge in [-0.3, -0.25) is 4.79 Å². The van der Waals surface area contributed by atoms with Crippen molar-refractivity contribution in [1.82, 2.24) is 5.32 Å². The van der Waals surface area contributed by atoms with E-state index in [1.807, 2.05) is 31.2 Å². The highest BCUT2D eigenvalue weighted by molar-refractivity contribution is 6.30. The Labute approximate surface area is 141 Å². The average molecular weight is 334 g/mol. The molecule has 0 fully saturated rings. The lowest BCUT2D eigenvalue weighted by Gasteiger charge is -2.15. The molecule has 0 bridgehead atoms. The highest BCUT2D eigenvalue weighted by Gasteiger charge is 2.14. The highest BCUT2D eigenvalue weighted by atomic mass is 35.5. The standard InChI is InChI=1S/C18H20ClNO3/c1-13-5-3-7-16(11-13)22-10-9-20-18(21)14(2)23-17-8-4-6-15(19)12-17/h3-8,11-12,14H,9-10H2,1-2H3,(H,20,21). The van der Waals surface area contributed by atoms with Crippen LogP contribution < -0.4 is 14.8 Å². The summed E-state index contributed by atoms with van der Waals surface area (Å²) in [4.78, 5) is 12.0. The molecule has 1 N–H and O–H groups in total. The molecule has 122 valence electrons. The molecule has 0 aliphatic rings. The fraction of sp³-hybridized carbons (Fsp3) is 0.278. The summed E-state index contributed by atoms with van der Waals surface area (Å²) in [6.45, 7) is 4.51. The van der Waals surface area contributed by atoms with E-state index >= 15 is 0 Å². The molecule has 0 radical (unpaired) electrons. The van der Waals surface area contributed by atoms with Crippen LogP contribution in [-0.2, 0) is 4.79 Å². The van der Waals surface area contributed by atoms with Crippen LogP contribution in [0.25, 0.3) is 0 Å². The van der Waals surface area contributed by atoms with Gasteiger partial charge in [-0.25, -0.2) is 0 Å². The number of aryl methyl sites for hydroxylation is 1. The molecule has 2 aromatic carbocycles. The van der Waals surface area contributed by atoms with E-state index in [9.17, 15) is 4.79 Å². The van der Waals surface area contributed by atoms with Gasteiger partial charge in [0.15, 0.2) is 6.10 Å². The van der Waals surface area contributed by atoms with Crippen LogP contribution in [-0.4, -0.2) is 25.2 Å². The molecule has 0 aromatic heterocycles. The molecule has 0 spiro atoms. The fourth-order valence-electron chi connectivity index (χ4n) is 1.99.